The van der Waals surface area contributed by atoms with Gasteiger partial charge in [-0.3, -0.25) is 4.79 Å². The molecule has 0 bridgehead atoms. The third-order valence-corrected chi connectivity index (χ3v) is 7.67. The fourth-order valence-corrected chi connectivity index (χ4v) is 5.60. The standard InChI is InChI=1S/C33H34N2O4/c1-22(27-9-5-6-12-31(27)39-2)34-32(36)26-17-18-30-25(20-26)8-7-19-35(30)21-23-13-15-24(16-14-23)28-10-3-4-11-29(28)33(37)38/h3-6,9,11-18,20,22,28H,7-8,10,19,21H2,1-2H3,(H,34,36)(H,37,38)/t22-,28?/m0/s1. The number of aryl methyl sites for hydroxylation is 1. The Labute approximate surface area is 229 Å². The fourth-order valence-electron chi connectivity index (χ4n) is 5.60. The van der Waals surface area contributed by atoms with E-state index < -0.39 is 5.97 Å². The van der Waals surface area contributed by atoms with Gasteiger partial charge in [0.25, 0.3) is 5.91 Å². The highest BCUT2D eigenvalue weighted by Crippen LogP contribution is 2.33. The second-order valence-corrected chi connectivity index (χ2v) is 10.2. The van der Waals surface area contributed by atoms with Gasteiger partial charge in [0.2, 0.25) is 0 Å². The topological polar surface area (TPSA) is 78.9 Å². The van der Waals surface area contributed by atoms with Crippen LogP contribution >= 0.6 is 0 Å². The Morgan fingerprint density at radius 3 is 2.67 bits per heavy atom. The van der Waals surface area contributed by atoms with E-state index in [4.69, 9.17) is 4.74 Å². The van der Waals surface area contributed by atoms with Crippen molar-refractivity contribution in [2.75, 3.05) is 18.6 Å². The minimum absolute atomic E-state index is 0.101. The number of allylic oxidation sites excluding steroid dienone is 3. The summed E-state index contributed by atoms with van der Waals surface area (Å²) >= 11 is 0. The van der Waals surface area contributed by atoms with E-state index in [1.165, 1.54) is 11.1 Å². The zero-order chi connectivity index (χ0) is 27.4. The van der Waals surface area contributed by atoms with E-state index in [1.54, 1.807) is 13.2 Å². The molecule has 0 saturated carbocycles. The molecule has 2 aliphatic rings. The number of ether oxygens (including phenoxy) is 1. The molecule has 1 unspecified atom stereocenters. The second kappa shape index (κ2) is 11.6. The number of benzene rings is 3. The van der Waals surface area contributed by atoms with Crippen molar-refractivity contribution in [3.05, 3.63) is 118 Å². The molecule has 39 heavy (non-hydrogen) atoms. The zero-order valence-corrected chi connectivity index (χ0v) is 22.4. The number of anilines is 1. The lowest BCUT2D eigenvalue weighted by Gasteiger charge is -2.32. The first-order chi connectivity index (χ1) is 18.9. The molecule has 2 atom stereocenters. The van der Waals surface area contributed by atoms with Gasteiger partial charge in [0, 0.05) is 41.4 Å². The lowest BCUT2D eigenvalue weighted by atomic mass is 9.85. The first-order valence-electron chi connectivity index (χ1n) is 13.4. The van der Waals surface area contributed by atoms with Crippen LogP contribution in [0.3, 0.4) is 0 Å². The maximum Gasteiger partial charge on any atom is 0.332 e. The minimum atomic E-state index is -0.861. The summed E-state index contributed by atoms with van der Waals surface area (Å²) in [5.41, 5.74) is 6.57. The summed E-state index contributed by atoms with van der Waals surface area (Å²) in [5, 5.41) is 12.7. The first kappa shape index (κ1) is 26.3. The summed E-state index contributed by atoms with van der Waals surface area (Å²) in [5.74, 6) is -0.321. The number of carbonyl (C=O) groups excluding carboxylic acids is 1. The Morgan fingerprint density at radius 2 is 1.90 bits per heavy atom. The first-order valence-corrected chi connectivity index (χ1v) is 13.4. The van der Waals surface area contributed by atoms with Crippen LogP contribution in [0.1, 0.15) is 64.3 Å². The number of amides is 1. The summed E-state index contributed by atoms with van der Waals surface area (Å²) in [4.78, 5) is 27.1. The Bertz CT molecular complexity index is 1420. The smallest absolute Gasteiger partial charge is 0.332 e. The van der Waals surface area contributed by atoms with Gasteiger partial charge in [-0.1, -0.05) is 60.7 Å². The molecule has 1 aliphatic heterocycles. The SMILES string of the molecule is COc1ccccc1[C@H](C)NC(=O)c1ccc2c(c1)CCCN2Cc1ccc(C2CC=CC=C2C(=O)O)cc1. The number of nitrogens with one attached hydrogen (secondary N) is 1. The monoisotopic (exact) mass is 522 g/mol. The average molecular weight is 523 g/mol. The Balaban J connectivity index is 1.27. The summed E-state index contributed by atoms with van der Waals surface area (Å²) < 4.78 is 5.45. The third-order valence-electron chi connectivity index (χ3n) is 7.67. The summed E-state index contributed by atoms with van der Waals surface area (Å²) in [6.45, 7) is 3.67. The number of carboxylic acids is 1. The highest BCUT2D eigenvalue weighted by Gasteiger charge is 2.24. The number of hydrogen-bond acceptors (Lipinski definition) is 4. The van der Waals surface area contributed by atoms with Crippen LogP contribution in [0, 0.1) is 0 Å². The predicted molar refractivity (Wildman–Crippen MR) is 153 cm³/mol. The molecule has 200 valence electrons. The van der Waals surface area contributed by atoms with Crippen LogP contribution < -0.4 is 15.0 Å². The molecular weight excluding hydrogens is 488 g/mol. The molecule has 2 N–H and O–H groups in total. The van der Waals surface area contributed by atoms with Crippen LogP contribution in [0.15, 0.2) is 90.5 Å². The molecule has 1 amide bonds. The molecule has 6 nitrogen and oxygen atoms in total. The number of aliphatic carboxylic acids is 1. The third kappa shape index (κ3) is 5.75. The maximum absolute atomic E-state index is 13.1. The number of para-hydroxylation sites is 1. The largest absolute Gasteiger partial charge is 0.496 e. The molecule has 1 aliphatic carbocycles. The highest BCUT2D eigenvalue weighted by molar-refractivity contribution is 5.95. The summed E-state index contributed by atoms with van der Waals surface area (Å²) in [7, 11) is 1.64. The van der Waals surface area contributed by atoms with Crippen molar-refractivity contribution in [3.8, 4) is 5.75 Å². The van der Waals surface area contributed by atoms with E-state index in [1.807, 2.05) is 55.5 Å². The molecule has 3 aromatic carbocycles. The van der Waals surface area contributed by atoms with Gasteiger partial charge in [0.05, 0.1) is 13.2 Å². The Morgan fingerprint density at radius 1 is 1.10 bits per heavy atom. The lowest BCUT2D eigenvalue weighted by Crippen LogP contribution is -2.30. The van der Waals surface area contributed by atoms with Gasteiger partial charge in [0.1, 0.15) is 5.75 Å². The van der Waals surface area contributed by atoms with Crippen molar-refractivity contribution >= 4 is 17.6 Å². The Kier molecular flexibility index (Phi) is 7.82. The van der Waals surface area contributed by atoms with Crippen LogP contribution in [0.2, 0.25) is 0 Å². The van der Waals surface area contributed by atoms with Gasteiger partial charge >= 0.3 is 5.97 Å². The number of carboxylic acid groups (broad SMARTS) is 1. The summed E-state index contributed by atoms with van der Waals surface area (Å²) in [6, 6.07) is 21.8. The Hall–Kier alpha value is -4.32. The van der Waals surface area contributed by atoms with Crippen LogP contribution in [-0.2, 0) is 17.8 Å². The van der Waals surface area contributed by atoms with Gasteiger partial charge in [-0.2, -0.15) is 0 Å². The van der Waals surface area contributed by atoms with Gasteiger partial charge < -0.3 is 20.1 Å². The van der Waals surface area contributed by atoms with Crippen LogP contribution in [-0.4, -0.2) is 30.6 Å². The zero-order valence-electron chi connectivity index (χ0n) is 22.4. The molecule has 0 radical (unpaired) electrons. The lowest BCUT2D eigenvalue weighted by molar-refractivity contribution is -0.133. The number of rotatable bonds is 8. The van der Waals surface area contributed by atoms with Crippen LogP contribution in [0.25, 0.3) is 0 Å². The normalized spacial score (nSPS) is 17.1. The minimum Gasteiger partial charge on any atom is -0.496 e. The van der Waals surface area contributed by atoms with E-state index in [0.717, 1.165) is 48.5 Å². The van der Waals surface area contributed by atoms with E-state index in [0.29, 0.717) is 17.6 Å². The van der Waals surface area contributed by atoms with E-state index in [9.17, 15) is 14.7 Å². The number of methoxy groups -OCH3 is 1. The highest BCUT2D eigenvalue weighted by atomic mass is 16.5. The quantitative estimate of drug-likeness (QED) is 0.369. The molecule has 0 fully saturated rings. The fraction of sp³-hybridized carbons (Fsp3) is 0.273. The van der Waals surface area contributed by atoms with Gasteiger partial charge in [-0.25, -0.2) is 4.79 Å². The van der Waals surface area contributed by atoms with Crippen molar-refractivity contribution in [3.63, 3.8) is 0 Å². The van der Waals surface area contributed by atoms with Crippen molar-refractivity contribution in [1.82, 2.24) is 5.32 Å². The van der Waals surface area contributed by atoms with Crippen LogP contribution in [0.5, 0.6) is 5.75 Å². The van der Waals surface area contributed by atoms with E-state index >= 15 is 0 Å². The molecule has 0 aromatic heterocycles. The van der Waals surface area contributed by atoms with E-state index in [-0.39, 0.29) is 17.9 Å². The van der Waals surface area contributed by atoms with E-state index in [2.05, 4.69) is 40.5 Å². The van der Waals surface area contributed by atoms with Crippen LogP contribution in [0.4, 0.5) is 5.69 Å². The number of carbonyl (C=O) groups is 2. The molecule has 3 aromatic rings. The van der Waals surface area contributed by atoms with Crippen molar-refractivity contribution in [1.29, 1.82) is 0 Å². The number of hydrogen-bond donors (Lipinski definition) is 2. The maximum atomic E-state index is 13.1. The number of nitrogens with zero attached hydrogens (tertiary/aromatic N) is 1. The van der Waals surface area contributed by atoms with Gasteiger partial charge in [-0.15, -0.1) is 0 Å². The molecular formula is C33H34N2O4. The summed E-state index contributed by atoms with van der Waals surface area (Å²) in [6.07, 6.45) is 8.19. The molecule has 6 heteroatoms. The van der Waals surface area contributed by atoms with Gasteiger partial charge in [-0.05, 0) is 67.1 Å². The van der Waals surface area contributed by atoms with Crippen molar-refractivity contribution in [2.24, 2.45) is 0 Å². The molecule has 5 rings (SSSR count). The van der Waals surface area contributed by atoms with Gasteiger partial charge in [0.15, 0.2) is 0 Å². The second-order valence-electron chi connectivity index (χ2n) is 10.2. The average Bonchev–Trinajstić information content (AvgIpc) is 2.97. The molecule has 1 heterocycles. The van der Waals surface area contributed by atoms with Crippen molar-refractivity contribution < 1.29 is 19.4 Å². The molecule has 0 saturated heterocycles. The predicted octanol–water partition coefficient (Wildman–Crippen LogP) is 6.19. The number of fused-ring (bicyclic) bond motifs is 1. The van der Waals surface area contributed by atoms with Crippen molar-refractivity contribution in [2.45, 2.75) is 44.7 Å². The molecule has 0 spiro atoms.